The maximum absolute atomic E-state index is 12.5. The monoisotopic (exact) mass is 382 g/mol. The molecule has 0 unspecified atom stereocenters. The number of nitrogens with zero attached hydrogens (tertiary/aromatic N) is 1. The predicted octanol–water partition coefficient (Wildman–Crippen LogP) is 4.99. The third kappa shape index (κ3) is 4.34. The first-order valence-electron chi connectivity index (χ1n) is 8.93. The van der Waals surface area contributed by atoms with Crippen LogP contribution < -0.4 is 5.32 Å². The molecule has 0 aliphatic heterocycles. The van der Waals surface area contributed by atoms with E-state index in [0.29, 0.717) is 11.5 Å². The van der Waals surface area contributed by atoms with E-state index in [1.54, 1.807) is 30.6 Å². The van der Waals surface area contributed by atoms with Crippen molar-refractivity contribution in [3.05, 3.63) is 59.1 Å². The second-order valence-electron chi connectivity index (χ2n) is 6.47. The summed E-state index contributed by atoms with van der Waals surface area (Å²) >= 11 is 1.45. The molecule has 2 atom stereocenters. The van der Waals surface area contributed by atoms with E-state index in [2.05, 4.69) is 24.1 Å². The van der Waals surface area contributed by atoms with E-state index in [-0.39, 0.29) is 5.91 Å². The molecule has 3 rings (SSSR count). The Morgan fingerprint density at radius 2 is 1.96 bits per heavy atom. The molecule has 1 amide bonds. The fourth-order valence-corrected chi connectivity index (χ4v) is 3.48. The number of thiazole rings is 1. The Kier molecular flexibility index (Phi) is 5.86. The van der Waals surface area contributed by atoms with Gasteiger partial charge in [-0.05, 0) is 49.1 Å². The van der Waals surface area contributed by atoms with Crippen molar-refractivity contribution in [1.82, 2.24) is 4.98 Å². The number of amides is 1. The number of carbonyl (C=O) groups is 2. The molecule has 0 aliphatic rings. The zero-order valence-electron chi connectivity index (χ0n) is 15.6. The van der Waals surface area contributed by atoms with Crippen LogP contribution in [0.15, 0.2) is 48.0 Å². The van der Waals surface area contributed by atoms with Crippen LogP contribution in [0.5, 0.6) is 0 Å². The van der Waals surface area contributed by atoms with E-state index in [4.69, 9.17) is 4.74 Å². The minimum Gasteiger partial charge on any atom is -0.449 e. The number of benzene rings is 2. The van der Waals surface area contributed by atoms with Crippen molar-refractivity contribution < 1.29 is 14.3 Å². The van der Waals surface area contributed by atoms with Crippen molar-refractivity contribution in [3.63, 3.8) is 0 Å². The van der Waals surface area contributed by atoms with Crippen molar-refractivity contribution in [3.8, 4) is 0 Å². The third-order valence-electron chi connectivity index (χ3n) is 4.58. The maximum Gasteiger partial charge on any atom is 0.338 e. The first-order chi connectivity index (χ1) is 13.0. The molecule has 0 saturated carbocycles. The quantitative estimate of drug-likeness (QED) is 0.610. The van der Waals surface area contributed by atoms with Crippen molar-refractivity contribution >= 4 is 39.1 Å². The number of aromatic nitrogens is 1. The summed E-state index contributed by atoms with van der Waals surface area (Å²) in [6.07, 6.45) is 0.0666. The topological polar surface area (TPSA) is 68.3 Å². The van der Waals surface area contributed by atoms with Crippen LogP contribution in [0.4, 0.5) is 5.69 Å². The number of carbonyl (C=O) groups excluding carboxylic acids is 2. The molecule has 0 bridgehead atoms. The number of esters is 1. The standard InChI is InChI=1S/C21H22N2O3S/c1-4-13(2)16-7-5-6-8-17(16)23-20(24)14(3)26-21(25)15-9-10-18-19(11-15)27-12-22-18/h5-14H,4H2,1-3H3,(H,23,24)/t13-,14+/m0/s1. The highest BCUT2D eigenvalue weighted by molar-refractivity contribution is 7.16. The zero-order valence-corrected chi connectivity index (χ0v) is 16.4. The summed E-state index contributed by atoms with van der Waals surface area (Å²) in [5.74, 6) is -0.549. The molecule has 1 N–H and O–H groups in total. The van der Waals surface area contributed by atoms with E-state index >= 15 is 0 Å². The lowest BCUT2D eigenvalue weighted by Gasteiger charge is -2.18. The van der Waals surface area contributed by atoms with Gasteiger partial charge in [0.1, 0.15) is 0 Å². The summed E-state index contributed by atoms with van der Waals surface area (Å²) in [6.45, 7) is 5.79. The molecule has 0 saturated heterocycles. The zero-order chi connectivity index (χ0) is 19.4. The van der Waals surface area contributed by atoms with E-state index < -0.39 is 12.1 Å². The molecular weight excluding hydrogens is 360 g/mol. The van der Waals surface area contributed by atoms with Gasteiger partial charge in [-0.15, -0.1) is 11.3 Å². The molecule has 0 aliphatic carbocycles. The van der Waals surface area contributed by atoms with Crippen molar-refractivity contribution in [2.45, 2.75) is 39.2 Å². The Hall–Kier alpha value is -2.73. The van der Waals surface area contributed by atoms with Gasteiger partial charge in [-0.2, -0.15) is 0 Å². The van der Waals surface area contributed by atoms with Crippen LogP contribution in [0, 0.1) is 0 Å². The molecule has 5 nitrogen and oxygen atoms in total. The average molecular weight is 382 g/mol. The molecular formula is C21H22N2O3S. The Bertz CT molecular complexity index is 967. The molecule has 3 aromatic rings. The van der Waals surface area contributed by atoms with Crippen molar-refractivity contribution in [1.29, 1.82) is 0 Å². The van der Waals surface area contributed by atoms with Gasteiger partial charge in [-0.25, -0.2) is 9.78 Å². The Balaban J connectivity index is 1.68. The molecule has 140 valence electrons. The van der Waals surface area contributed by atoms with Crippen LogP contribution in [0.1, 0.15) is 49.0 Å². The molecule has 0 radical (unpaired) electrons. The van der Waals surface area contributed by atoms with Crippen LogP contribution in [0.3, 0.4) is 0 Å². The number of hydrogen-bond donors (Lipinski definition) is 1. The lowest BCUT2D eigenvalue weighted by atomic mass is 9.97. The summed E-state index contributed by atoms with van der Waals surface area (Å²) in [6, 6.07) is 12.9. The van der Waals surface area contributed by atoms with Gasteiger partial charge in [0.2, 0.25) is 0 Å². The highest BCUT2D eigenvalue weighted by atomic mass is 32.1. The number of para-hydroxylation sites is 1. The van der Waals surface area contributed by atoms with Gasteiger partial charge in [-0.1, -0.05) is 32.0 Å². The second-order valence-corrected chi connectivity index (χ2v) is 7.35. The number of anilines is 1. The lowest BCUT2D eigenvalue weighted by molar-refractivity contribution is -0.123. The summed E-state index contributed by atoms with van der Waals surface area (Å²) in [5.41, 5.74) is 4.80. The van der Waals surface area contributed by atoms with Crippen molar-refractivity contribution in [2.24, 2.45) is 0 Å². The minimum atomic E-state index is -0.903. The number of nitrogens with one attached hydrogen (secondary N) is 1. The van der Waals surface area contributed by atoms with Gasteiger partial charge in [0, 0.05) is 5.69 Å². The molecule has 0 spiro atoms. The van der Waals surface area contributed by atoms with Gasteiger partial charge in [0.05, 0.1) is 21.3 Å². The fourth-order valence-electron chi connectivity index (χ4n) is 2.76. The maximum atomic E-state index is 12.5. The van der Waals surface area contributed by atoms with E-state index in [9.17, 15) is 9.59 Å². The highest BCUT2D eigenvalue weighted by Gasteiger charge is 2.21. The van der Waals surface area contributed by atoms with Gasteiger partial charge in [0.25, 0.3) is 5.91 Å². The van der Waals surface area contributed by atoms with Gasteiger partial charge < -0.3 is 10.1 Å². The van der Waals surface area contributed by atoms with Crippen molar-refractivity contribution in [2.75, 3.05) is 5.32 Å². The molecule has 1 heterocycles. The second kappa shape index (κ2) is 8.31. The van der Waals surface area contributed by atoms with Crippen LogP contribution in [-0.4, -0.2) is 23.0 Å². The van der Waals surface area contributed by atoms with Gasteiger partial charge in [-0.3, -0.25) is 4.79 Å². The van der Waals surface area contributed by atoms with E-state index in [1.807, 2.05) is 24.3 Å². The largest absolute Gasteiger partial charge is 0.449 e. The number of ether oxygens (including phenoxy) is 1. The van der Waals surface area contributed by atoms with Crippen LogP contribution in [0.25, 0.3) is 10.2 Å². The summed E-state index contributed by atoms with van der Waals surface area (Å²) in [5, 5.41) is 2.88. The number of fused-ring (bicyclic) bond motifs is 1. The Morgan fingerprint density at radius 1 is 1.19 bits per heavy atom. The van der Waals surface area contributed by atoms with Gasteiger partial charge in [0.15, 0.2) is 6.10 Å². The smallest absolute Gasteiger partial charge is 0.338 e. The minimum absolute atomic E-state index is 0.325. The Labute approximate surface area is 162 Å². The SMILES string of the molecule is CC[C@H](C)c1ccccc1NC(=O)[C@@H](C)OC(=O)c1ccc2ncsc2c1. The normalized spacial score (nSPS) is 13.1. The van der Waals surface area contributed by atoms with Crippen LogP contribution >= 0.6 is 11.3 Å². The summed E-state index contributed by atoms with van der Waals surface area (Å²) < 4.78 is 6.26. The van der Waals surface area contributed by atoms with Crippen LogP contribution in [-0.2, 0) is 9.53 Å². The Morgan fingerprint density at radius 3 is 2.74 bits per heavy atom. The molecule has 2 aromatic carbocycles. The highest BCUT2D eigenvalue weighted by Crippen LogP contribution is 2.26. The predicted molar refractivity (Wildman–Crippen MR) is 108 cm³/mol. The average Bonchev–Trinajstić information content (AvgIpc) is 3.15. The van der Waals surface area contributed by atoms with Crippen LogP contribution in [0.2, 0.25) is 0 Å². The summed E-state index contributed by atoms with van der Waals surface area (Å²) in [7, 11) is 0. The fraction of sp³-hybridized carbons (Fsp3) is 0.286. The first kappa shape index (κ1) is 19.0. The molecule has 1 aromatic heterocycles. The summed E-state index contributed by atoms with van der Waals surface area (Å²) in [4.78, 5) is 29.1. The molecule has 27 heavy (non-hydrogen) atoms. The van der Waals surface area contributed by atoms with Gasteiger partial charge >= 0.3 is 5.97 Å². The number of hydrogen-bond acceptors (Lipinski definition) is 5. The molecule has 6 heteroatoms. The third-order valence-corrected chi connectivity index (χ3v) is 5.37. The first-order valence-corrected chi connectivity index (χ1v) is 9.81. The lowest BCUT2D eigenvalue weighted by Crippen LogP contribution is -2.30. The van der Waals surface area contributed by atoms with E-state index in [1.165, 1.54) is 11.3 Å². The van der Waals surface area contributed by atoms with E-state index in [0.717, 1.165) is 27.9 Å². The number of rotatable bonds is 6. The molecule has 0 fully saturated rings.